The molecule has 3 rings (SSSR count). The molecule has 0 aromatic heterocycles. The molecule has 1 aromatic carbocycles. The molecule has 2 saturated heterocycles. The molecule has 2 aliphatic heterocycles. The van der Waals surface area contributed by atoms with Gasteiger partial charge in [-0.15, -0.1) is 0 Å². The Morgan fingerprint density at radius 2 is 2.37 bits per heavy atom. The number of carbonyl (C=O) groups is 1. The van der Waals surface area contributed by atoms with E-state index < -0.39 is 0 Å². The first-order valence-corrected chi connectivity index (χ1v) is 6.90. The van der Waals surface area contributed by atoms with Crippen molar-refractivity contribution in [2.45, 2.75) is 18.9 Å². The predicted octanol–water partition coefficient (Wildman–Crippen LogP) is 1.06. The van der Waals surface area contributed by atoms with Gasteiger partial charge in [0.2, 0.25) is 5.91 Å². The van der Waals surface area contributed by atoms with Crippen molar-refractivity contribution in [2.75, 3.05) is 26.7 Å². The monoisotopic (exact) mass is 260 g/mol. The summed E-state index contributed by atoms with van der Waals surface area (Å²) in [6, 6.07) is 8.27. The molecule has 2 aliphatic rings. The molecule has 0 saturated carbocycles. The first kappa shape index (κ1) is 12.5. The molecule has 1 amide bonds. The standard InChI is InChI=1S/C15H20N2O2/c1-19-13-4-2-3-11(7-13)8-15(18)17-9-12-5-6-16-14(12)10-17/h2-4,7,12,14,16H,5-6,8-10H2,1H3/t12-,14+/m0/s1. The van der Waals surface area contributed by atoms with Crippen LogP contribution in [0.5, 0.6) is 5.75 Å². The summed E-state index contributed by atoms with van der Waals surface area (Å²) >= 11 is 0. The number of likely N-dealkylation sites (tertiary alicyclic amines) is 1. The summed E-state index contributed by atoms with van der Waals surface area (Å²) < 4.78 is 5.19. The molecular weight excluding hydrogens is 240 g/mol. The van der Waals surface area contributed by atoms with Crippen LogP contribution in [0.3, 0.4) is 0 Å². The lowest BCUT2D eigenvalue weighted by molar-refractivity contribution is -0.129. The smallest absolute Gasteiger partial charge is 0.227 e. The van der Waals surface area contributed by atoms with E-state index >= 15 is 0 Å². The highest BCUT2D eigenvalue weighted by Crippen LogP contribution is 2.25. The van der Waals surface area contributed by atoms with Crippen molar-refractivity contribution in [1.82, 2.24) is 10.2 Å². The van der Waals surface area contributed by atoms with Gasteiger partial charge in [-0.2, -0.15) is 0 Å². The summed E-state index contributed by atoms with van der Waals surface area (Å²) in [4.78, 5) is 14.3. The summed E-state index contributed by atoms with van der Waals surface area (Å²) in [7, 11) is 1.65. The lowest BCUT2D eigenvalue weighted by Gasteiger charge is -2.17. The number of hydrogen-bond donors (Lipinski definition) is 1. The van der Waals surface area contributed by atoms with Gasteiger partial charge in [-0.05, 0) is 36.6 Å². The van der Waals surface area contributed by atoms with Gasteiger partial charge in [0.25, 0.3) is 0 Å². The highest BCUT2D eigenvalue weighted by atomic mass is 16.5. The van der Waals surface area contributed by atoms with E-state index in [9.17, 15) is 4.79 Å². The zero-order valence-electron chi connectivity index (χ0n) is 11.3. The Kier molecular flexibility index (Phi) is 3.42. The Morgan fingerprint density at radius 1 is 1.47 bits per heavy atom. The van der Waals surface area contributed by atoms with Crippen LogP contribution in [0.1, 0.15) is 12.0 Å². The van der Waals surface area contributed by atoms with Crippen molar-refractivity contribution in [1.29, 1.82) is 0 Å². The fourth-order valence-corrected chi connectivity index (χ4v) is 3.12. The fraction of sp³-hybridized carbons (Fsp3) is 0.533. The number of rotatable bonds is 3. The highest BCUT2D eigenvalue weighted by Gasteiger charge is 2.37. The zero-order chi connectivity index (χ0) is 13.2. The van der Waals surface area contributed by atoms with E-state index in [0.29, 0.717) is 18.4 Å². The second-order valence-corrected chi connectivity index (χ2v) is 5.44. The minimum absolute atomic E-state index is 0.226. The molecule has 1 aromatic rings. The first-order valence-electron chi connectivity index (χ1n) is 6.90. The number of methoxy groups -OCH3 is 1. The van der Waals surface area contributed by atoms with E-state index in [1.54, 1.807) is 7.11 Å². The van der Waals surface area contributed by atoms with Gasteiger partial charge in [-0.25, -0.2) is 0 Å². The average Bonchev–Trinajstić information content (AvgIpc) is 2.99. The van der Waals surface area contributed by atoms with Crippen LogP contribution >= 0.6 is 0 Å². The molecule has 0 bridgehead atoms. The van der Waals surface area contributed by atoms with E-state index in [-0.39, 0.29) is 5.91 Å². The third-order valence-electron chi connectivity index (χ3n) is 4.20. The van der Waals surface area contributed by atoms with Gasteiger partial charge in [0.1, 0.15) is 5.75 Å². The Balaban J connectivity index is 1.62. The Bertz CT molecular complexity index is 463. The number of carbonyl (C=O) groups excluding carboxylic acids is 1. The Hall–Kier alpha value is -1.55. The van der Waals surface area contributed by atoms with E-state index in [4.69, 9.17) is 4.74 Å². The molecule has 4 nitrogen and oxygen atoms in total. The quantitative estimate of drug-likeness (QED) is 0.883. The number of hydrogen-bond acceptors (Lipinski definition) is 3. The van der Waals surface area contributed by atoms with Crippen LogP contribution in [-0.4, -0.2) is 43.6 Å². The van der Waals surface area contributed by atoms with Crippen molar-refractivity contribution >= 4 is 5.91 Å². The number of nitrogens with one attached hydrogen (secondary N) is 1. The molecule has 102 valence electrons. The maximum absolute atomic E-state index is 12.3. The van der Waals surface area contributed by atoms with Crippen LogP contribution in [0.4, 0.5) is 0 Å². The largest absolute Gasteiger partial charge is 0.497 e. The van der Waals surface area contributed by atoms with Crippen molar-refractivity contribution in [2.24, 2.45) is 5.92 Å². The van der Waals surface area contributed by atoms with Crippen LogP contribution in [0, 0.1) is 5.92 Å². The van der Waals surface area contributed by atoms with Crippen LogP contribution < -0.4 is 10.1 Å². The molecule has 0 aliphatic carbocycles. The van der Waals surface area contributed by atoms with Crippen LogP contribution in [0.15, 0.2) is 24.3 Å². The molecule has 0 radical (unpaired) electrons. The molecule has 0 spiro atoms. The predicted molar refractivity (Wildman–Crippen MR) is 73.2 cm³/mol. The number of nitrogens with zero attached hydrogens (tertiary/aromatic N) is 1. The zero-order valence-corrected chi connectivity index (χ0v) is 11.3. The van der Waals surface area contributed by atoms with Crippen molar-refractivity contribution in [3.63, 3.8) is 0 Å². The summed E-state index contributed by atoms with van der Waals surface area (Å²) in [5.74, 6) is 1.70. The van der Waals surface area contributed by atoms with Gasteiger partial charge in [-0.3, -0.25) is 4.79 Å². The summed E-state index contributed by atoms with van der Waals surface area (Å²) in [6.45, 7) is 2.89. The second kappa shape index (κ2) is 5.21. The molecule has 2 fully saturated rings. The molecule has 1 N–H and O–H groups in total. The maximum atomic E-state index is 12.3. The van der Waals surface area contributed by atoms with Crippen LogP contribution in [-0.2, 0) is 11.2 Å². The van der Waals surface area contributed by atoms with Gasteiger partial charge >= 0.3 is 0 Å². The third-order valence-corrected chi connectivity index (χ3v) is 4.20. The summed E-state index contributed by atoms with van der Waals surface area (Å²) in [5.41, 5.74) is 1.02. The lowest BCUT2D eigenvalue weighted by Crippen LogP contribution is -2.34. The topological polar surface area (TPSA) is 41.6 Å². The van der Waals surface area contributed by atoms with Gasteiger partial charge in [0, 0.05) is 19.1 Å². The number of fused-ring (bicyclic) bond motifs is 1. The van der Waals surface area contributed by atoms with Crippen LogP contribution in [0.2, 0.25) is 0 Å². The molecule has 19 heavy (non-hydrogen) atoms. The van der Waals surface area contributed by atoms with E-state index in [1.807, 2.05) is 29.2 Å². The van der Waals surface area contributed by atoms with Gasteiger partial charge < -0.3 is 15.0 Å². The van der Waals surface area contributed by atoms with Gasteiger partial charge in [-0.1, -0.05) is 12.1 Å². The van der Waals surface area contributed by atoms with Gasteiger partial charge in [0.15, 0.2) is 0 Å². The van der Waals surface area contributed by atoms with Crippen molar-refractivity contribution in [3.8, 4) is 5.75 Å². The van der Waals surface area contributed by atoms with Crippen LogP contribution in [0.25, 0.3) is 0 Å². The van der Waals surface area contributed by atoms with Gasteiger partial charge in [0.05, 0.1) is 13.5 Å². The third kappa shape index (κ3) is 2.59. The lowest BCUT2D eigenvalue weighted by atomic mass is 10.1. The van der Waals surface area contributed by atoms with E-state index in [1.165, 1.54) is 6.42 Å². The fourth-order valence-electron chi connectivity index (χ4n) is 3.12. The summed E-state index contributed by atoms with van der Waals surface area (Å²) in [5, 5.41) is 3.47. The maximum Gasteiger partial charge on any atom is 0.227 e. The second-order valence-electron chi connectivity index (χ2n) is 5.44. The Labute approximate surface area is 113 Å². The summed E-state index contributed by atoms with van der Waals surface area (Å²) in [6.07, 6.45) is 1.67. The highest BCUT2D eigenvalue weighted by molar-refractivity contribution is 5.79. The molecule has 2 atom stereocenters. The number of benzene rings is 1. The number of ether oxygens (including phenoxy) is 1. The molecule has 0 unspecified atom stereocenters. The minimum atomic E-state index is 0.226. The SMILES string of the molecule is COc1cccc(CC(=O)N2C[C@@H]3CCN[C@@H]3C2)c1. The minimum Gasteiger partial charge on any atom is -0.497 e. The first-order chi connectivity index (χ1) is 9.26. The van der Waals surface area contributed by atoms with Crippen molar-refractivity contribution in [3.05, 3.63) is 29.8 Å². The number of amides is 1. The normalized spacial score (nSPS) is 25.4. The van der Waals surface area contributed by atoms with E-state index in [0.717, 1.165) is 30.9 Å². The van der Waals surface area contributed by atoms with Crippen molar-refractivity contribution < 1.29 is 9.53 Å². The Morgan fingerprint density at radius 3 is 3.16 bits per heavy atom. The van der Waals surface area contributed by atoms with E-state index in [2.05, 4.69) is 5.32 Å². The molecular formula is C15H20N2O2. The average molecular weight is 260 g/mol. The molecule has 2 heterocycles. The molecule has 4 heteroatoms.